The first-order valence-electron chi connectivity index (χ1n) is 13.5. The van der Waals surface area contributed by atoms with Crippen LogP contribution in [0.2, 0.25) is 6.04 Å². The first-order valence-corrected chi connectivity index (χ1v) is 15.4. The molecule has 5 nitrogen and oxygen atoms in total. The Hall–Kier alpha value is -0.693. The number of hydrogen-bond donors (Lipinski definition) is 0. The van der Waals surface area contributed by atoms with Gasteiger partial charge in [0.15, 0.2) is 0 Å². The minimum absolute atomic E-state index is 0.261. The molecule has 0 aromatic rings. The molecule has 0 atom stereocenters. The summed E-state index contributed by atoms with van der Waals surface area (Å²) in [6.07, 6.45) is 23.6. The van der Waals surface area contributed by atoms with Crippen LogP contribution in [0.5, 0.6) is 0 Å². The van der Waals surface area contributed by atoms with E-state index in [1.165, 1.54) is 96.3 Å². The first kappa shape index (κ1) is 32.3. The molecule has 0 aromatic heterocycles. The Balaban J connectivity index is 3.21. The van der Waals surface area contributed by atoms with E-state index in [9.17, 15) is 4.79 Å². The van der Waals surface area contributed by atoms with Crippen LogP contribution < -0.4 is 0 Å². The molecule has 33 heavy (non-hydrogen) atoms. The summed E-state index contributed by atoms with van der Waals surface area (Å²) in [6.45, 7) is 5.81. The van der Waals surface area contributed by atoms with Crippen molar-refractivity contribution >= 4 is 14.8 Å². The highest BCUT2D eigenvalue weighted by molar-refractivity contribution is 6.60. The molecule has 0 N–H and O–H groups in total. The predicted octanol–water partition coefficient (Wildman–Crippen LogP) is 8.01. The Bertz CT molecular complexity index is 457. The Morgan fingerprint density at radius 1 is 0.576 bits per heavy atom. The van der Waals surface area contributed by atoms with E-state index < -0.39 is 8.80 Å². The zero-order valence-electron chi connectivity index (χ0n) is 22.4. The SMILES string of the molecule is C=C(C)C(=O)OCCCCCCCCCCCCCCCCCCCC[Si](OC)(OC)OC. The molecule has 0 aliphatic carbocycles. The second-order valence-corrected chi connectivity index (χ2v) is 12.4. The summed E-state index contributed by atoms with van der Waals surface area (Å²) in [5.41, 5.74) is 0.485. The number of esters is 1. The molecule has 0 spiro atoms. The molecule has 6 heteroatoms. The number of ether oxygens (including phenoxy) is 1. The van der Waals surface area contributed by atoms with Crippen molar-refractivity contribution in [3.8, 4) is 0 Å². The number of rotatable bonds is 25. The normalized spacial score (nSPS) is 11.6. The van der Waals surface area contributed by atoms with E-state index in [4.69, 9.17) is 18.0 Å². The van der Waals surface area contributed by atoms with Gasteiger partial charge in [-0.15, -0.1) is 0 Å². The van der Waals surface area contributed by atoms with Crippen molar-refractivity contribution in [2.24, 2.45) is 0 Å². The third-order valence-electron chi connectivity index (χ3n) is 6.39. The monoisotopic (exact) mass is 486 g/mol. The van der Waals surface area contributed by atoms with Crippen molar-refractivity contribution in [3.63, 3.8) is 0 Å². The van der Waals surface area contributed by atoms with E-state index in [0.717, 1.165) is 25.3 Å². The molecule has 196 valence electrons. The van der Waals surface area contributed by atoms with Crippen molar-refractivity contribution in [2.45, 2.75) is 129 Å². The number of unbranched alkanes of at least 4 members (excludes halogenated alkanes) is 17. The van der Waals surface area contributed by atoms with Gasteiger partial charge in [0.1, 0.15) is 0 Å². The van der Waals surface area contributed by atoms with E-state index >= 15 is 0 Å². The molecule has 0 heterocycles. The van der Waals surface area contributed by atoms with Crippen molar-refractivity contribution in [1.82, 2.24) is 0 Å². The van der Waals surface area contributed by atoms with E-state index in [1.54, 1.807) is 28.3 Å². The minimum Gasteiger partial charge on any atom is -0.462 e. The van der Waals surface area contributed by atoms with E-state index in [0.29, 0.717) is 12.2 Å². The molecule has 0 aliphatic rings. The number of hydrogen-bond acceptors (Lipinski definition) is 5. The quantitative estimate of drug-likeness (QED) is 0.0566. The minimum atomic E-state index is -2.35. The molecule has 0 rings (SSSR count). The highest BCUT2D eigenvalue weighted by Crippen LogP contribution is 2.19. The lowest BCUT2D eigenvalue weighted by Crippen LogP contribution is -2.42. The van der Waals surface area contributed by atoms with Crippen LogP contribution in [0.25, 0.3) is 0 Å². The van der Waals surface area contributed by atoms with Crippen molar-refractivity contribution in [1.29, 1.82) is 0 Å². The van der Waals surface area contributed by atoms with Gasteiger partial charge in [-0.1, -0.05) is 109 Å². The zero-order valence-corrected chi connectivity index (χ0v) is 23.4. The summed E-state index contributed by atoms with van der Waals surface area (Å²) in [5, 5.41) is 0. The summed E-state index contributed by atoms with van der Waals surface area (Å²) < 4.78 is 21.5. The second kappa shape index (κ2) is 23.1. The van der Waals surface area contributed by atoms with Gasteiger partial charge in [0.2, 0.25) is 0 Å². The first-order chi connectivity index (χ1) is 16.0. The van der Waals surface area contributed by atoms with Crippen molar-refractivity contribution in [2.75, 3.05) is 27.9 Å². The van der Waals surface area contributed by atoms with E-state index in [-0.39, 0.29) is 5.97 Å². The molecule has 0 unspecified atom stereocenters. The van der Waals surface area contributed by atoms with Crippen molar-refractivity contribution in [3.05, 3.63) is 12.2 Å². The van der Waals surface area contributed by atoms with Crippen LogP contribution in [0.15, 0.2) is 12.2 Å². The van der Waals surface area contributed by atoms with Gasteiger partial charge < -0.3 is 18.0 Å². The maximum atomic E-state index is 11.3. The fourth-order valence-corrected chi connectivity index (χ4v) is 5.91. The predicted molar refractivity (Wildman–Crippen MR) is 140 cm³/mol. The summed E-state index contributed by atoms with van der Waals surface area (Å²) in [7, 11) is 2.73. The van der Waals surface area contributed by atoms with Gasteiger partial charge in [0.05, 0.1) is 6.61 Å². The molecule has 0 aliphatic heterocycles. The van der Waals surface area contributed by atoms with E-state index in [2.05, 4.69) is 6.58 Å². The standard InChI is InChI=1S/C27H54O5Si/c1-26(2)27(28)32-24-22-20-18-16-14-12-10-8-6-7-9-11-13-15-17-19-21-23-25-33(29-3,30-4)31-5/h1,6-25H2,2-5H3. The van der Waals surface area contributed by atoms with Crippen LogP contribution in [0, 0.1) is 0 Å². The third kappa shape index (κ3) is 19.3. The van der Waals surface area contributed by atoms with Crippen LogP contribution in [0.1, 0.15) is 122 Å². The summed E-state index contributed by atoms with van der Waals surface area (Å²) in [6, 6.07) is 0.922. The molecule has 0 aromatic carbocycles. The fourth-order valence-electron chi connectivity index (χ4n) is 4.12. The van der Waals surface area contributed by atoms with Gasteiger partial charge in [0, 0.05) is 32.9 Å². The maximum absolute atomic E-state index is 11.3. The van der Waals surface area contributed by atoms with Crippen molar-refractivity contribution < 1.29 is 22.8 Å². The Kier molecular flexibility index (Phi) is 22.6. The van der Waals surface area contributed by atoms with Crippen LogP contribution in [0.4, 0.5) is 0 Å². The van der Waals surface area contributed by atoms with E-state index in [1.807, 2.05) is 0 Å². The second-order valence-electron chi connectivity index (χ2n) is 9.33. The highest BCUT2D eigenvalue weighted by atomic mass is 28.4. The molecule has 0 bridgehead atoms. The third-order valence-corrected chi connectivity index (χ3v) is 9.22. The Labute approximate surface area is 206 Å². The average molecular weight is 487 g/mol. The van der Waals surface area contributed by atoms with Crippen LogP contribution in [0.3, 0.4) is 0 Å². The van der Waals surface area contributed by atoms with Gasteiger partial charge in [-0.3, -0.25) is 0 Å². The van der Waals surface area contributed by atoms with Gasteiger partial charge >= 0.3 is 14.8 Å². The molecule has 0 saturated heterocycles. The lowest BCUT2D eigenvalue weighted by atomic mass is 10.0. The fraction of sp³-hybridized carbons (Fsp3) is 0.889. The lowest BCUT2D eigenvalue weighted by Gasteiger charge is -2.24. The molecular formula is C27H54O5Si. The van der Waals surface area contributed by atoms with Gasteiger partial charge in [-0.2, -0.15) is 0 Å². The van der Waals surface area contributed by atoms with Crippen LogP contribution in [-0.4, -0.2) is 42.7 Å². The molecule has 0 radical (unpaired) electrons. The van der Waals surface area contributed by atoms with Gasteiger partial charge in [0.25, 0.3) is 0 Å². The lowest BCUT2D eigenvalue weighted by molar-refractivity contribution is -0.139. The Morgan fingerprint density at radius 3 is 1.18 bits per heavy atom. The number of carbonyl (C=O) groups excluding carboxylic acids is 1. The zero-order chi connectivity index (χ0) is 24.6. The average Bonchev–Trinajstić information content (AvgIpc) is 2.82. The topological polar surface area (TPSA) is 54.0 Å². The highest BCUT2D eigenvalue weighted by Gasteiger charge is 2.36. The van der Waals surface area contributed by atoms with Crippen LogP contribution in [-0.2, 0) is 22.8 Å². The summed E-state index contributed by atoms with van der Waals surface area (Å²) in [5.74, 6) is -0.261. The summed E-state index contributed by atoms with van der Waals surface area (Å²) in [4.78, 5) is 11.3. The van der Waals surface area contributed by atoms with Gasteiger partial charge in [-0.05, 0) is 19.8 Å². The van der Waals surface area contributed by atoms with Gasteiger partial charge in [-0.25, -0.2) is 4.79 Å². The smallest absolute Gasteiger partial charge is 0.462 e. The molecule has 0 amide bonds. The Morgan fingerprint density at radius 2 is 0.879 bits per heavy atom. The maximum Gasteiger partial charge on any atom is 0.500 e. The molecular weight excluding hydrogens is 432 g/mol. The summed E-state index contributed by atoms with van der Waals surface area (Å²) >= 11 is 0. The number of carbonyl (C=O) groups is 1. The van der Waals surface area contributed by atoms with Crippen LogP contribution >= 0.6 is 0 Å². The largest absolute Gasteiger partial charge is 0.500 e. The molecule has 0 fully saturated rings. The molecule has 0 saturated carbocycles.